The van der Waals surface area contributed by atoms with Gasteiger partial charge in [0, 0.05) is 40.4 Å². The van der Waals surface area contributed by atoms with Crippen LogP contribution in [0.25, 0.3) is 0 Å². The first-order valence-corrected chi connectivity index (χ1v) is 7.67. The van der Waals surface area contributed by atoms with Crippen LogP contribution in [0.15, 0.2) is 29.7 Å². The molecule has 6 heteroatoms. The molecular formula is C15H22ClN5. The third kappa shape index (κ3) is 2.73. The summed E-state index contributed by atoms with van der Waals surface area (Å²) in [6.07, 6.45) is 2.88. The molecule has 2 aliphatic rings. The second kappa shape index (κ2) is 5.83. The first kappa shape index (κ1) is 14.6. The third-order valence-electron chi connectivity index (χ3n) is 4.43. The van der Waals surface area contributed by atoms with E-state index in [1.54, 1.807) is 6.20 Å². The van der Waals surface area contributed by atoms with E-state index in [-0.39, 0.29) is 0 Å². The Hall–Kier alpha value is -1.30. The van der Waals surface area contributed by atoms with E-state index in [2.05, 4.69) is 46.4 Å². The van der Waals surface area contributed by atoms with Crippen LogP contribution in [0.3, 0.4) is 0 Å². The number of hydrogen-bond acceptors (Lipinski definition) is 5. The van der Waals surface area contributed by atoms with Crippen LogP contribution in [0.1, 0.15) is 12.1 Å². The molecule has 0 saturated heterocycles. The lowest BCUT2D eigenvalue weighted by Gasteiger charge is -2.35. The van der Waals surface area contributed by atoms with E-state index in [1.165, 1.54) is 11.4 Å². The van der Waals surface area contributed by atoms with Crippen LogP contribution in [0.5, 0.6) is 0 Å². The number of hydrazine groups is 1. The average molecular weight is 308 g/mol. The van der Waals surface area contributed by atoms with Crippen molar-refractivity contribution >= 4 is 11.6 Å². The highest BCUT2D eigenvalue weighted by Crippen LogP contribution is 2.30. The molecule has 0 aliphatic carbocycles. The van der Waals surface area contributed by atoms with Gasteiger partial charge in [-0.2, -0.15) is 0 Å². The van der Waals surface area contributed by atoms with Crippen LogP contribution < -0.4 is 5.32 Å². The Labute approximate surface area is 131 Å². The Kier molecular flexibility index (Phi) is 4.06. The number of pyridine rings is 1. The van der Waals surface area contributed by atoms with Gasteiger partial charge in [-0.1, -0.05) is 11.6 Å². The molecule has 1 N–H and O–H groups in total. The van der Waals surface area contributed by atoms with Crippen molar-refractivity contribution in [3.8, 4) is 0 Å². The fourth-order valence-electron chi connectivity index (χ4n) is 3.08. The largest absolute Gasteiger partial charge is 0.375 e. The molecule has 0 spiro atoms. The lowest BCUT2D eigenvalue weighted by Crippen LogP contribution is -2.43. The van der Waals surface area contributed by atoms with Crippen molar-refractivity contribution < 1.29 is 0 Å². The number of nitrogens with zero attached hydrogens (tertiary/aromatic N) is 4. The lowest BCUT2D eigenvalue weighted by molar-refractivity contribution is 0.0927. The highest BCUT2D eigenvalue weighted by molar-refractivity contribution is 6.31. The predicted octanol–water partition coefficient (Wildman–Crippen LogP) is 1.53. The molecule has 1 atom stereocenters. The summed E-state index contributed by atoms with van der Waals surface area (Å²) >= 11 is 6.19. The molecule has 0 radical (unpaired) electrons. The molecule has 0 aromatic carbocycles. The molecule has 2 aliphatic heterocycles. The summed E-state index contributed by atoms with van der Waals surface area (Å²) < 4.78 is 0. The van der Waals surface area contributed by atoms with E-state index in [1.807, 2.05) is 12.1 Å². The van der Waals surface area contributed by atoms with Crippen LogP contribution in [-0.2, 0) is 6.54 Å². The summed E-state index contributed by atoms with van der Waals surface area (Å²) in [7, 11) is 6.43. The van der Waals surface area contributed by atoms with E-state index < -0.39 is 0 Å². The molecule has 1 unspecified atom stereocenters. The standard InChI is InChI=1S/C15H22ClN5/c1-19-8-6-12(15-14(19)10-20(2)21(15)3)18-9-13-11(16)5-4-7-17-13/h4-5,7,12,18H,6,8-10H2,1-3H3. The van der Waals surface area contributed by atoms with Crippen LogP contribution in [-0.4, -0.2) is 60.2 Å². The van der Waals surface area contributed by atoms with Gasteiger partial charge < -0.3 is 15.2 Å². The Balaban J connectivity index is 1.75. The number of halogens is 1. The van der Waals surface area contributed by atoms with Crippen molar-refractivity contribution in [1.29, 1.82) is 0 Å². The fourth-order valence-corrected chi connectivity index (χ4v) is 3.27. The first-order chi connectivity index (χ1) is 10.1. The van der Waals surface area contributed by atoms with Gasteiger partial charge in [0.2, 0.25) is 0 Å². The van der Waals surface area contributed by atoms with Gasteiger partial charge in [0.25, 0.3) is 0 Å². The van der Waals surface area contributed by atoms with Crippen molar-refractivity contribution in [3.05, 3.63) is 40.4 Å². The maximum absolute atomic E-state index is 6.19. The summed E-state index contributed by atoms with van der Waals surface area (Å²) in [5, 5.41) is 8.85. The van der Waals surface area contributed by atoms with Gasteiger partial charge in [-0.15, -0.1) is 0 Å². The number of rotatable bonds is 3. The van der Waals surface area contributed by atoms with E-state index in [0.717, 1.165) is 30.2 Å². The van der Waals surface area contributed by atoms with Crippen molar-refractivity contribution in [1.82, 2.24) is 25.2 Å². The third-order valence-corrected chi connectivity index (χ3v) is 4.77. The monoisotopic (exact) mass is 307 g/mol. The maximum Gasteiger partial charge on any atom is 0.0727 e. The molecule has 0 fully saturated rings. The molecule has 0 saturated carbocycles. The van der Waals surface area contributed by atoms with Gasteiger partial charge in [0.05, 0.1) is 34.7 Å². The minimum Gasteiger partial charge on any atom is -0.375 e. The summed E-state index contributed by atoms with van der Waals surface area (Å²) in [6, 6.07) is 4.10. The van der Waals surface area contributed by atoms with Gasteiger partial charge in [0.1, 0.15) is 0 Å². The Morgan fingerprint density at radius 2 is 2.19 bits per heavy atom. The molecule has 0 amide bonds. The molecule has 5 nitrogen and oxygen atoms in total. The molecule has 1 aromatic rings. The summed E-state index contributed by atoms with van der Waals surface area (Å²) in [5.74, 6) is 0. The minimum absolute atomic E-state index is 0.351. The zero-order valence-corrected chi connectivity index (χ0v) is 13.6. The topological polar surface area (TPSA) is 34.6 Å². The lowest BCUT2D eigenvalue weighted by atomic mass is 10.0. The van der Waals surface area contributed by atoms with Crippen molar-refractivity contribution in [2.24, 2.45) is 0 Å². The molecular weight excluding hydrogens is 286 g/mol. The first-order valence-electron chi connectivity index (χ1n) is 7.29. The highest BCUT2D eigenvalue weighted by atomic mass is 35.5. The van der Waals surface area contributed by atoms with Crippen LogP contribution >= 0.6 is 11.6 Å². The summed E-state index contributed by atoms with van der Waals surface area (Å²) in [4.78, 5) is 6.71. The second-order valence-electron chi connectivity index (χ2n) is 5.75. The van der Waals surface area contributed by atoms with E-state index in [4.69, 9.17) is 11.6 Å². The van der Waals surface area contributed by atoms with Crippen LogP contribution in [0, 0.1) is 0 Å². The predicted molar refractivity (Wildman–Crippen MR) is 84.5 cm³/mol. The normalized spacial score (nSPS) is 23.0. The number of likely N-dealkylation sites (N-methyl/N-ethyl adjacent to an activating group) is 3. The fraction of sp³-hybridized carbons (Fsp3) is 0.533. The van der Waals surface area contributed by atoms with Crippen LogP contribution in [0.4, 0.5) is 0 Å². The van der Waals surface area contributed by atoms with Gasteiger partial charge in [0.15, 0.2) is 0 Å². The SMILES string of the molecule is CN1CCC(NCc2ncccc2Cl)C2=C1CN(C)N2C. The van der Waals surface area contributed by atoms with Crippen molar-refractivity contribution in [2.45, 2.75) is 19.0 Å². The van der Waals surface area contributed by atoms with Gasteiger partial charge in [-0.25, -0.2) is 5.01 Å². The maximum atomic E-state index is 6.19. The van der Waals surface area contributed by atoms with Crippen molar-refractivity contribution in [3.63, 3.8) is 0 Å². The quantitative estimate of drug-likeness (QED) is 0.916. The molecule has 1 aromatic heterocycles. The van der Waals surface area contributed by atoms with E-state index in [0.29, 0.717) is 12.6 Å². The highest BCUT2D eigenvalue weighted by Gasteiger charge is 2.35. The van der Waals surface area contributed by atoms with Crippen LogP contribution in [0.2, 0.25) is 5.02 Å². The zero-order valence-electron chi connectivity index (χ0n) is 12.8. The number of hydrogen-bond donors (Lipinski definition) is 1. The summed E-state index contributed by atoms with van der Waals surface area (Å²) in [5.41, 5.74) is 3.70. The Bertz CT molecular complexity index is 559. The minimum atomic E-state index is 0.351. The molecule has 3 rings (SSSR count). The van der Waals surface area contributed by atoms with Gasteiger partial charge in [-0.3, -0.25) is 4.98 Å². The molecule has 114 valence electrons. The number of nitrogens with one attached hydrogen (secondary N) is 1. The van der Waals surface area contributed by atoms with Gasteiger partial charge in [-0.05, 0) is 18.6 Å². The number of aromatic nitrogens is 1. The van der Waals surface area contributed by atoms with Crippen molar-refractivity contribution in [2.75, 3.05) is 34.2 Å². The molecule has 21 heavy (non-hydrogen) atoms. The summed E-state index contributed by atoms with van der Waals surface area (Å²) in [6.45, 7) is 2.75. The average Bonchev–Trinajstić information content (AvgIpc) is 2.77. The Morgan fingerprint density at radius 1 is 1.38 bits per heavy atom. The zero-order chi connectivity index (χ0) is 15.0. The van der Waals surface area contributed by atoms with Gasteiger partial charge >= 0.3 is 0 Å². The second-order valence-corrected chi connectivity index (χ2v) is 6.15. The molecule has 3 heterocycles. The smallest absolute Gasteiger partial charge is 0.0727 e. The molecule has 0 bridgehead atoms. The van der Waals surface area contributed by atoms with E-state index in [9.17, 15) is 0 Å². The van der Waals surface area contributed by atoms with E-state index >= 15 is 0 Å². The Morgan fingerprint density at radius 3 is 2.95 bits per heavy atom.